The van der Waals surface area contributed by atoms with Gasteiger partial charge in [0.25, 0.3) is 0 Å². The molecule has 78 valence electrons. The number of hydrogen-bond donors (Lipinski definition) is 1. The third-order valence-electron chi connectivity index (χ3n) is 1.49. The Bertz CT molecular complexity index is 125. The van der Waals surface area contributed by atoms with Crippen molar-refractivity contribution in [3.8, 4) is 0 Å². The average molecular weight is 190 g/mol. The van der Waals surface area contributed by atoms with E-state index in [9.17, 15) is 4.79 Å². The van der Waals surface area contributed by atoms with E-state index in [-0.39, 0.29) is 6.61 Å². The third kappa shape index (κ3) is 11.4. The van der Waals surface area contributed by atoms with E-state index >= 15 is 0 Å². The molecule has 0 atom stereocenters. The van der Waals surface area contributed by atoms with Gasteiger partial charge in [0.2, 0.25) is 0 Å². The maximum absolute atomic E-state index is 10.0. The molecule has 0 saturated heterocycles. The quantitative estimate of drug-likeness (QED) is 0.557. The maximum atomic E-state index is 10.0. The number of hydrogen-bond acceptors (Lipinski definition) is 3. The molecule has 4 heteroatoms. The Morgan fingerprint density at radius 3 is 2.46 bits per heavy atom. The van der Waals surface area contributed by atoms with Gasteiger partial charge in [-0.15, -0.1) is 0 Å². The van der Waals surface area contributed by atoms with E-state index in [2.05, 4.69) is 6.92 Å². The number of unbranched alkanes of at least 4 members (excludes halogenated alkanes) is 2. The molecule has 0 unspecified atom stereocenters. The highest BCUT2D eigenvalue weighted by atomic mass is 16.5. The first-order valence-corrected chi connectivity index (χ1v) is 4.64. The Kier molecular flexibility index (Phi) is 9.03. The summed E-state index contributed by atoms with van der Waals surface area (Å²) in [6.07, 6.45) is 3.42. The molecule has 0 amide bonds. The number of rotatable bonds is 9. The van der Waals surface area contributed by atoms with Crippen molar-refractivity contribution in [1.82, 2.24) is 0 Å². The molecular weight excluding hydrogens is 172 g/mol. The molecule has 0 rings (SSSR count). The molecule has 0 heterocycles. The van der Waals surface area contributed by atoms with Crippen LogP contribution in [-0.2, 0) is 14.3 Å². The van der Waals surface area contributed by atoms with E-state index in [1.807, 2.05) is 0 Å². The third-order valence-corrected chi connectivity index (χ3v) is 1.49. The highest BCUT2D eigenvalue weighted by Crippen LogP contribution is 1.93. The smallest absolute Gasteiger partial charge is 0.329 e. The number of carboxylic acid groups (broad SMARTS) is 1. The zero-order valence-corrected chi connectivity index (χ0v) is 8.12. The molecule has 0 aliphatic heterocycles. The maximum Gasteiger partial charge on any atom is 0.329 e. The fourth-order valence-electron chi connectivity index (χ4n) is 0.834. The van der Waals surface area contributed by atoms with Gasteiger partial charge in [-0.1, -0.05) is 19.8 Å². The van der Waals surface area contributed by atoms with E-state index < -0.39 is 5.97 Å². The first-order chi connectivity index (χ1) is 6.27. The SMILES string of the molecule is CCCCCOCCOCC(=O)O. The lowest BCUT2D eigenvalue weighted by atomic mass is 10.3. The van der Waals surface area contributed by atoms with Gasteiger partial charge in [-0.2, -0.15) is 0 Å². The summed E-state index contributed by atoms with van der Waals surface area (Å²) in [5, 5.41) is 8.22. The van der Waals surface area contributed by atoms with E-state index in [0.717, 1.165) is 13.0 Å². The van der Waals surface area contributed by atoms with Gasteiger partial charge in [-0.05, 0) is 6.42 Å². The van der Waals surface area contributed by atoms with Crippen molar-refractivity contribution in [2.24, 2.45) is 0 Å². The van der Waals surface area contributed by atoms with Gasteiger partial charge in [0.15, 0.2) is 0 Å². The lowest BCUT2D eigenvalue weighted by Crippen LogP contribution is -2.11. The average Bonchev–Trinajstić information content (AvgIpc) is 2.09. The fraction of sp³-hybridized carbons (Fsp3) is 0.889. The molecule has 0 fully saturated rings. The second-order valence-electron chi connectivity index (χ2n) is 2.77. The van der Waals surface area contributed by atoms with Gasteiger partial charge in [-0.25, -0.2) is 4.79 Å². The van der Waals surface area contributed by atoms with Crippen molar-refractivity contribution in [2.75, 3.05) is 26.4 Å². The first kappa shape index (κ1) is 12.4. The molecule has 0 spiro atoms. The summed E-state index contributed by atoms with van der Waals surface area (Å²) in [5.41, 5.74) is 0. The number of aliphatic carboxylic acids is 1. The summed E-state index contributed by atoms with van der Waals surface area (Å²) in [7, 11) is 0. The molecule has 0 aliphatic rings. The van der Waals surface area contributed by atoms with E-state index in [1.165, 1.54) is 12.8 Å². The molecule has 0 radical (unpaired) electrons. The summed E-state index contributed by atoms with van der Waals surface area (Å²) in [5.74, 6) is -0.939. The van der Waals surface area contributed by atoms with Crippen molar-refractivity contribution < 1.29 is 19.4 Å². The molecule has 0 saturated carbocycles. The van der Waals surface area contributed by atoms with Crippen LogP contribution >= 0.6 is 0 Å². The number of carbonyl (C=O) groups is 1. The minimum atomic E-state index is -0.939. The van der Waals surface area contributed by atoms with E-state index in [1.54, 1.807) is 0 Å². The predicted molar refractivity (Wildman–Crippen MR) is 48.8 cm³/mol. The van der Waals surface area contributed by atoms with Crippen molar-refractivity contribution in [3.63, 3.8) is 0 Å². The van der Waals surface area contributed by atoms with E-state index in [0.29, 0.717) is 13.2 Å². The zero-order valence-electron chi connectivity index (χ0n) is 8.12. The molecule has 13 heavy (non-hydrogen) atoms. The Balaban J connectivity index is 2.87. The lowest BCUT2D eigenvalue weighted by molar-refractivity contribution is -0.142. The van der Waals surface area contributed by atoms with Crippen molar-refractivity contribution in [2.45, 2.75) is 26.2 Å². The summed E-state index contributed by atoms with van der Waals surface area (Å²) in [6, 6.07) is 0. The van der Waals surface area contributed by atoms with Crippen LogP contribution in [0.5, 0.6) is 0 Å². The molecular formula is C9H18O4. The molecule has 0 aromatic carbocycles. The molecule has 1 N–H and O–H groups in total. The van der Waals surface area contributed by atoms with Crippen molar-refractivity contribution >= 4 is 5.97 Å². The Hall–Kier alpha value is -0.610. The molecule has 4 nitrogen and oxygen atoms in total. The van der Waals surface area contributed by atoms with Gasteiger partial charge in [0, 0.05) is 6.61 Å². The minimum Gasteiger partial charge on any atom is -0.480 e. The van der Waals surface area contributed by atoms with Crippen LogP contribution in [0.1, 0.15) is 26.2 Å². The zero-order chi connectivity index (χ0) is 9.94. The van der Waals surface area contributed by atoms with Gasteiger partial charge in [0.05, 0.1) is 13.2 Å². The minimum absolute atomic E-state index is 0.238. The van der Waals surface area contributed by atoms with Crippen LogP contribution in [0, 0.1) is 0 Å². The number of ether oxygens (including phenoxy) is 2. The van der Waals surface area contributed by atoms with Crippen LogP contribution < -0.4 is 0 Å². The Morgan fingerprint density at radius 2 is 1.85 bits per heavy atom. The predicted octanol–water partition coefficient (Wildman–Crippen LogP) is 1.29. The normalized spacial score (nSPS) is 10.2. The topological polar surface area (TPSA) is 55.8 Å². The van der Waals surface area contributed by atoms with Crippen LogP contribution in [0.4, 0.5) is 0 Å². The van der Waals surface area contributed by atoms with Crippen LogP contribution in [0.3, 0.4) is 0 Å². The van der Waals surface area contributed by atoms with Crippen molar-refractivity contribution in [1.29, 1.82) is 0 Å². The van der Waals surface area contributed by atoms with Gasteiger partial charge < -0.3 is 14.6 Å². The van der Waals surface area contributed by atoms with Gasteiger partial charge >= 0.3 is 5.97 Å². The lowest BCUT2D eigenvalue weighted by Gasteiger charge is -2.03. The van der Waals surface area contributed by atoms with Crippen LogP contribution in [0.25, 0.3) is 0 Å². The summed E-state index contributed by atoms with van der Waals surface area (Å²) >= 11 is 0. The first-order valence-electron chi connectivity index (χ1n) is 4.64. The molecule has 0 aromatic heterocycles. The second kappa shape index (κ2) is 9.48. The standard InChI is InChI=1S/C9H18O4/c1-2-3-4-5-12-6-7-13-8-9(10)11/h2-8H2,1H3,(H,10,11). The molecule has 0 bridgehead atoms. The second-order valence-corrected chi connectivity index (χ2v) is 2.77. The van der Waals surface area contributed by atoms with Crippen molar-refractivity contribution in [3.05, 3.63) is 0 Å². The fourth-order valence-corrected chi connectivity index (χ4v) is 0.834. The summed E-state index contributed by atoms with van der Waals surface area (Å²) in [6.45, 7) is 3.48. The van der Waals surface area contributed by atoms with Crippen LogP contribution in [0.15, 0.2) is 0 Å². The monoisotopic (exact) mass is 190 g/mol. The number of carboxylic acids is 1. The Morgan fingerprint density at radius 1 is 1.15 bits per heavy atom. The molecule has 0 aliphatic carbocycles. The van der Waals surface area contributed by atoms with Gasteiger partial charge in [0.1, 0.15) is 6.61 Å². The highest BCUT2D eigenvalue weighted by Gasteiger charge is 1.95. The summed E-state index contributed by atoms with van der Waals surface area (Å²) < 4.78 is 9.98. The van der Waals surface area contributed by atoms with Crippen LogP contribution in [0.2, 0.25) is 0 Å². The Labute approximate surface area is 78.8 Å². The highest BCUT2D eigenvalue weighted by molar-refractivity contribution is 5.67. The molecule has 0 aromatic rings. The van der Waals surface area contributed by atoms with Gasteiger partial charge in [-0.3, -0.25) is 0 Å². The van der Waals surface area contributed by atoms with Crippen LogP contribution in [-0.4, -0.2) is 37.5 Å². The summed E-state index contributed by atoms with van der Waals surface area (Å²) in [4.78, 5) is 10.0. The largest absolute Gasteiger partial charge is 0.480 e. The van der Waals surface area contributed by atoms with E-state index in [4.69, 9.17) is 14.6 Å².